The minimum Gasteiger partial charge on any atom is -0.480 e. The molecule has 0 bridgehead atoms. The van der Waals surface area contributed by atoms with Gasteiger partial charge in [0.05, 0.1) is 0 Å². The lowest BCUT2D eigenvalue weighted by atomic mass is 10.0. The molecule has 0 spiro atoms. The average molecular weight is 240 g/mol. The molecule has 1 aliphatic carbocycles. The number of ether oxygens (including phenoxy) is 1. The van der Waals surface area contributed by atoms with Gasteiger partial charge in [-0.25, -0.2) is 4.79 Å². The lowest BCUT2D eigenvalue weighted by Crippen LogP contribution is -2.06. The molecule has 1 saturated carbocycles. The quantitative estimate of drug-likeness (QED) is 0.809. The van der Waals surface area contributed by atoms with E-state index in [1.165, 1.54) is 25.7 Å². The van der Waals surface area contributed by atoms with Crippen LogP contribution < -0.4 is 0 Å². The summed E-state index contributed by atoms with van der Waals surface area (Å²) in [6.07, 6.45) is 5.85. The first-order valence-corrected chi connectivity index (χ1v) is 5.85. The molecule has 2 rings (SSSR count). The maximum atomic E-state index is 10.2. The van der Waals surface area contributed by atoms with Crippen LogP contribution in [-0.4, -0.2) is 27.9 Å². The van der Waals surface area contributed by atoms with Crippen molar-refractivity contribution in [3.63, 3.8) is 0 Å². The molecule has 1 aromatic rings. The fourth-order valence-corrected chi connectivity index (χ4v) is 2.12. The van der Waals surface area contributed by atoms with Gasteiger partial charge in [0.1, 0.15) is 13.2 Å². The molecule has 0 atom stereocenters. The second-order valence-electron chi connectivity index (χ2n) is 4.33. The Hall–Kier alpha value is -1.43. The maximum Gasteiger partial charge on any atom is 0.329 e. The molecule has 0 aliphatic heterocycles. The molecule has 0 amide bonds. The first-order chi connectivity index (χ1) is 8.24. The smallest absolute Gasteiger partial charge is 0.329 e. The van der Waals surface area contributed by atoms with Gasteiger partial charge in [0.15, 0.2) is 0 Å². The van der Waals surface area contributed by atoms with E-state index in [4.69, 9.17) is 14.3 Å². The second kappa shape index (κ2) is 5.77. The zero-order valence-corrected chi connectivity index (χ0v) is 9.59. The molecule has 1 aliphatic rings. The van der Waals surface area contributed by atoms with Crippen LogP contribution in [0.15, 0.2) is 4.42 Å². The number of aromatic nitrogens is 2. The summed E-state index contributed by atoms with van der Waals surface area (Å²) in [5.74, 6) is 0.629. The minimum absolute atomic E-state index is 0.0595. The molecule has 0 saturated heterocycles. The van der Waals surface area contributed by atoms with Crippen LogP contribution in [0.3, 0.4) is 0 Å². The van der Waals surface area contributed by atoms with E-state index in [1.54, 1.807) is 0 Å². The standard InChI is InChI=1S/C11H16N2O4/c14-11(15)7-16-6-10-13-12-9(17-10)5-8-3-1-2-4-8/h8H,1-7H2,(H,14,15). The molecule has 0 radical (unpaired) electrons. The normalized spacial score (nSPS) is 16.5. The van der Waals surface area contributed by atoms with E-state index in [2.05, 4.69) is 10.2 Å². The summed E-state index contributed by atoms with van der Waals surface area (Å²) in [5.41, 5.74) is 0. The summed E-state index contributed by atoms with van der Waals surface area (Å²) in [7, 11) is 0. The van der Waals surface area contributed by atoms with Crippen molar-refractivity contribution in [2.45, 2.75) is 38.7 Å². The van der Waals surface area contributed by atoms with Gasteiger partial charge in [0.25, 0.3) is 0 Å². The van der Waals surface area contributed by atoms with E-state index in [0.29, 0.717) is 17.7 Å². The summed E-state index contributed by atoms with van der Waals surface area (Å²) in [6.45, 7) is -0.287. The Morgan fingerprint density at radius 1 is 1.35 bits per heavy atom. The number of hydrogen-bond acceptors (Lipinski definition) is 5. The van der Waals surface area contributed by atoms with Crippen LogP contribution in [0.4, 0.5) is 0 Å². The molecule has 1 fully saturated rings. The Morgan fingerprint density at radius 2 is 2.06 bits per heavy atom. The summed E-state index contributed by atoms with van der Waals surface area (Å²) in [6, 6.07) is 0. The van der Waals surface area contributed by atoms with Crippen LogP contribution in [0, 0.1) is 5.92 Å². The zero-order valence-electron chi connectivity index (χ0n) is 9.59. The average Bonchev–Trinajstić information content (AvgIpc) is 2.90. The van der Waals surface area contributed by atoms with Gasteiger partial charge in [-0.05, 0) is 18.8 Å². The molecular formula is C11H16N2O4. The van der Waals surface area contributed by atoms with Crippen molar-refractivity contribution < 1.29 is 19.1 Å². The highest BCUT2D eigenvalue weighted by Gasteiger charge is 2.18. The topological polar surface area (TPSA) is 85.5 Å². The van der Waals surface area contributed by atoms with Gasteiger partial charge in [0.2, 0.25) is 11.8 Å². The highest BCUT2D eigenvalue weighted by atomic mass is 16.5. The monoisotopic (exact) mass is 240 g/mol. The van der Waals surface area contributed by atoms with Gasteiger partial charge in [0, 0.05) is 6.42 Å². The lowest BCUT2D eigenvalue weighted by molar-refractivity contribution is -0.142. The van der Waals surface area contributed by atoms with E-state index in [-0.39, 0.29) is 13.2 Å². The van der Waals surface area contributed by atoms with Crippen LogP contribution in [0.2, 0.25) is 0 Å². The third-order valence-electron chi connectivity index (χ3n) is 2.90. The number of carbonyl (C=O) groups is 1. The van der Waals surface area contributed by atoms with Crippen molar-refractivity contribution in [3.05, 3.63) is 11.8 Å². The number of aliphatic carboxylic acids is 1. The Balaban J connectivity index is 1.76. The Morgan fingerprint density at radius 3 is 2.76 bits per heavy atom. The van der Waals surface area contributed by atoms with Gasteiger partial charge in [-0.15, -0.1) is 10.2 Å². The molecular weight excluding hydrogens is 224 g/mol. The van der Waals surface area contributed by atoms with E-state index < -0.39 is 5.97 Å². The molecule has 0 unspecified atom stereocenters. The van der Waals surface area contributed by atoms with Crippen molar-refractivity contribution in [3.8, 4) is 0 Å². The Kier molecular flexibility index (Phi) is 4.08. The maximum absolute atomic E-state index is 10.2. The largest absolute Gasteiger partial charge is 0.480 e. The molecule has 6 heteroatoms. The van der Waals surface area contributed by atoms with E-state index in [9.17, 15) is 4.79 Å². The number of carboxylic acid groups (broad SMARTS) is 1. The lowest BCUT2D eigenvalue weighted by Gasteiger charge is -2.03. The second-order valence-corrected chi connectivity index (χ2v) is 4.33. The van der Waals surface area contributed by atoms with Crippen molar-refractivity contribution in [1.29, 1.82) is 0 Å². The van der Waals surface area contributed by atoms with Crippen LogP contribution in [0.25, 0.3) is 0 Å². The molecule has 6 nitrogen and oxygen atoms in total. The van der Waals surface area contributed by atoms with Gasteiger partial charge >= 0.3 is 5.97 Å². The third-order valence-corrected chi connectivity index (χ3v) is 2.90. The highest BCUT2D eigenvalue weighted by molar-refractivity contribution is 5.67. The number of nitrogens with zero attached hydrogens (tertiary/aromatic N) is 2. The molecule has 1 N–H and O–H groups in total. The van der Waals surface area contributed by atoms with Crippen LogP contribution >= 0.6 is 0 Å². The third kappa shape index (κ3) is 3.81. The van der Waals surface area contributed by atoms with Crippen molar-refractivity contribution in [1.82, 2.24) is 10.2 Å². The van der Waals surface area contributed by atoms with Gasteiger partial charge in [-0.2, -0.15) is 0 Å². The molecule has 1 aromatic heterocycles. The summed E-state index contributed by atoms with van der Waals surface area (Å²) in [4.78, 5) is 10.2. The summed E-state index contributed by atoms with van der Waals surface area (Å²) in [5, 5.41) is 16.1. The van der Waals surface area contributed by atoms with E-state index >= 15 is 0 Å². The Labute approximate surface area is 99.0 Å². The Bertz CT molecular complexity index is 371. The van der Waals surface area contributed by atoms with Gasteiger partial charge in [-0.1, -0.05) is 12.8 Å². The van der Waals surface area contributed by atoms with Crippen molar-refractivity contribution >= 4 is 5.97 Å². The fraction of sp³-hybridized carbons (Fsp3) is 0.727. The van der Waals surface area contributed by atoms with Crippen molar-refractivity contribution in [2.24, 2.45) is 5.92 Å². The first kappa shape index (κ1) is 12.0. The predicted molar refractivity (Wildman–Crippen MR) is 57.3 cm³/mol. The van der Waals surface area contributed by atoms with Gasteiger partial charge < -0.3 is 14.3 Å². The molecule has 17 heavy (non-hydrogen) atoms. The SMILES string of the molecule is O=C(O)COCc1nnc(CC2CCCC2)o1. The zero-order chi connectivity index (χ0) is 12.1. The minimum atomic E-state index is -1.00. The number of rotatable bonds is 6. The summed E-state index contributed by atoms with van der Waals surface area (Å²) >= 11 is 0. The fourth-order valence-electron chi connectivity index (χ4n) is 2.12. The van der Waals surface area contributed by atoms with Gasteiger partial charge in [-0.3, -0.25) is 0 Å². The van der Waals surface area contributed by atoms with E-state index in [1.807, 2.05) is 0 Å². The molecule has 0 aromatic carbocycles. The number of carboxylic acids is 1. The predicted octanol–water partition coefficient (Wildman–Crippen LogP) is 1.40. The highest BCUT2D eigenvalue weighted by Crippen LogP contribution is 2.27. The van der Waals surface area contributed by atoms with Crippen LogP contribution in [0.5, 0.6) is 0 Å². The molecule has 94 valence electrons. The van der Waals surface area contributed by atoms with Crippen LogP contribution in [-0.2, 0) is 22.6 Å². The van der Waals surface area contributed by atoms with Crippen LogP contribution in [0.1, 0.15) is 37.5 Å². The summed E-state index contributed by atoms with van der Waals surface area (Å²) < 4.78 is 10.3. The van der Waals surface area contributed by atoms with E-state index in [0.717, 1.165) is 6.42 Å². The first-order valence-electron chi connectivity index (χ1n) is 5.85. The van der Waals surface area contributed by atoms with Crippen molar-refractivity contribution in [2.75, 3.05) is 6.61 Å². The number of hydrogen-bond donors (Lipinski definition) is 1. The molecule has 1 heterocycles.